The van der Waals surface area contributed by atoms with Crippen molar-refractivity contribution in [3.63, 3.8) is 0 Å². The van der Waals surface area contributed by atoms with Gasteiger partial charge in [-0.1, -0.05) is 31.4 Å². The number of nitrogens with two attached hydrogens (primary N) is 1. The number of rotatable bonds is 7. The van der Waals surface area contributed by atoms with Crippen LogP contribution in [0.5, 0.6) is 0 Å². The molecule has 3 rings (SSSR count). The maximum Gasteiger partial charge on any atom is 0.308 e. The van der Waals surface area contributed by atoms with Crippen LogP contribution in [0.1, 0.15) is 64.2 Å². The van der Waals surface area contributed by atoms with Crippen molar-refractivity contribution in [3.05, 3.63) is 30.1 Å². The van der Waals surface area contributed by atoms with Crippen LogP contribution in [0.3, 0.4) is 0 Å². The monoisotopic (exact) mass is 372 g/mol. The smallest absolute Gasteiger partial charge is 0.308 e. The molecule has 2 aromatic rings. The first-order valence-electron chi connectivity index (χ1n) is 9.60. The summed E-state index contributed by atoms with van der Waals surface area (Å²) in [4.78, 5) is 12.3. The summed E-state index contributed by atoms with van der Waals surface area (Å²) < 4.78 is 7.08. The van der Waals surface area contributed by atoms with Crippen molar-refractivity contribution in [3.8, 4) is 0 Å². The van der Waals surface area contributed by atoms with Gasteiger partial charge < -0.3 is 15.8 Å². The summed E-state index contributed by atoms with van der Waals surface area (Å²) in [6.07, 6.45) is 5.76. The van der Waals surface area contributed by atoms with E-state index in [1.807, 2.05) is 35.9 Å². The van der Waals surface area contributed by atoms with E-state index in [2.05, 4.69) is 20.8 Å². The highest BCUT2D eigenvalue weighted by molar-refractivity contribution is 5.73. The number of hydrogen-bond acceptors (Lipinski definition) is 7. The van der Waals surface area contributed by atoms with Crippen LogP contribution in [0.15, 0.2) is 24.3 Å². The lowest BCUT2D eigenvalue weighted by atomic mass is 9.92. The Morgan fingerprint density at radius 2 is 2.07 bits per heavy atom. The summed E-state index contributed by atoms with van der Waals surface area (Å²) in [7, 11) is 0. The summed E-state index contributed by atoms with van der Waals surface area (Å²) in [5, 5.41) is 15.9. The highest BCUT2D eigenvalue weighted by Crippen LogP contribution is 2.35. The average molecular weight is 372 g/mol. The molecule has 0 radical (unpaired) electrons. The molecule has 1 heterocycles. The number of carbonyl (C=O) groups excluding carboxylic acids is 1. The molecule has 0 aliphatic heterocycles. The van der Waals surface area contributed by atoms with E-state index in [0.717, 1.165) is 31.4 Å². The number of nitrogen functional groups attached to an aromatic ring is 1. The molecule has 1 aromatic heterocycles. The molecule has 3 N–H and O–H groups in total. The number of para-hydroxylation sites is 2. The molecular formula is C19H28N6O2. The van der Waals surface area contributed by atoms with Crippen LogP contribution < -0.4 is 11.1 Å². The molecule has 0 spiro atoms. The lowest BCUT2D eigenvalue weighted by molar-refractivity contribution is -0.144. The maximum absolute atomic E-state index is 12.3. The molecule has 0 saturated heterocycles. The second kappa shape index (κ2) is 8.37. The Hall–Kier alpha value is -2.64. The predicted octanol–water partition coefficient (Wildman–Crippen LogP) is 3.04. The fourth-order valence-electron chi connectivity index (χ4n) is 3.72. The standard InChI is InChI=1S/C19H28N6O2/c1-3-27-17(26)13-19(2,21-16-12-8-7-11-15(16)20)18-22-23-24-25(18)14-9-5-4-6-10-14/h7-8,11-12,14,21H,3-6,9-10,13,20H2,1-2H3. The predicted molar refractivity (Wildman–Crippen MR) is 103 cm³/mol. The zero-order valence-corrected chi connectivity index (χ0v) is 16.0. The number of nitrogens with zero attached hydrogens (tertiary/aromatic N) is 4. The minimum Gasteiger partial charge on any atom is -0.466 e. The Bertz CT molecular complexity index is 771. The van der Waals surface area contributed by atoms with Crippen molar-refractivity contribution in [2.45, 2.75) is 64.0 Å². The van der Waals surface area contributed by atoms with Crippen LogP contribution in [0.4, 0.5) is 11.4 Å². The molecule has 1 fully saturated rings. The molecule has 0 amide bonds. The number of hydrogen-bond donors (Lipinski definition) is 2. The van der Waals surface area contributed by atoms with Crippen LogP contribution in [-0.2, 0) is 15.1 Å². The number of benzene rings is 1. The van der Waals surface area contributed by atoms with Crippen molar-refractivity contribution in [2.75, 3.05) is 17.7 Å². The normalized spacial score (nSPS) is 17.3. The van der Waals surface area contributed by atoms with Gasteiger partial charge in [-0.25, -0.2) is 4.68 Å². The van der Waals surface area contributed by atoms with Gasteiger partial charge in [-0.3, -0.25) is 4.79 Å². The Labute approximate surface area is 159 Å². The minimum atomic E-state index is -0.845. The quantitative estimate of drug-likeness (QED) is 0.568. The zero-order chi connectivity index (χ0) is 19.3. The molecule has 8 heteroatoms. The first-order valence-corrected chi connectivity index (χ1v) is 9.60. The van der Waals surface area contributed by atoms with Crippen LogP contribution >= 0.6 is 0 Å². The lowest BCUT2D eigenvalue weighted by Crippen LogP contribution is -2.39. The summed E-state index contributed by atoms with van der Waals surface area (Å²) in [6, 6.07) is 7.72. The van der Waals surface area contributed by atoms with Gasteiger partial charge >= 0.3 is 5.97 Å². The van der Waals surface area contributed by atoms with Crippen molar-refractivity contribution < 1.29 is 9.53 Å². The van der Waals surface area contributed by atoms with Crippen LogP contribution in [0.2, 0.25) is 0 Å². The van der Waals surface area contributed by atoms with Crippen LogP contribution in [-0.4, -0.2) is 32.8 Å². The SMILES string of the molecule is CCOC(=O)CC(C)(Nc1ccccc1N)c1nnnn1C1CCCCC1. The van der Waals surface area contributed by atoms with Gasteiger partial charge in [0.1, 0.15) is 5.54 Å². The van der Waals surface area contributed by atoms with Gasteiger partial charge in [0.25, 0.3) is 0 Å². The van der Waals surface area contributed by atoms with Crippen LogP contribution in [0.25, 0.3) is 0 Å². The van der Waals surface area contributed by atoms with Gasteiger partial charge in [-0.05, 0) is 49.2 Å². The van der Waals surface area contributed by atoms with Crippen molar-refractivity contribution in [1.82, 2.24) is 20.2 Å². The second-order valence-corrected chi connectivity index (χ2v) is 7.27. The zero-order valence-electron chi connectivity index (χ0n) is 16.0. The Kier molecular flexibility index (Phi) is 5.93. The highest BCUT2D eigenvalue weighted by Gasteiger charge is 2.38. The van der Waals surface area contributed by atoms with E-state index in [4.69, 9.17) is 10.5 Å². The Balaban J connectivity index is 1.96. The van der Waals surface area contributed by atoms with Crippen molar-refractivity contribution in [1.29, 1.82) is 0 Å². The molecule has 1 atom stereocenters. The van der Waals surface area contributed by atoms with Crippen molar-refractivity contribution in [2.24, 2.45) is 0 Å². The Morgan fingerprint density at radius 3 is 2.78 bits per heavy atom. The summed E-state index contributed by atoms with van der Waals surface area (Å²) in [5.41, 5.74) is 6.61. The first-order chi connectivity index (χ1) is 13.0. The molecule has 27 heavy (non-hydrogen) atoms. The largest absolute Gasteiger partial charge is 0.466 e. The fourth-order valence-corrected chi connectivity index (χ4v) is 3.72. The number of esters is 1. The number of nitrogens with one attached hydrogen (secondary N) is 1. The van der Waals surface area contributed by atoms with Gasteiger partial charge in [0, 0.05) is 0 Å². The second-order valence-electron chi connectivity index (χ2n) is 7.27. The third-order valence-corrected chi connectivity index (χ3v) is 5.08. The molecule has 1 aromatic carbocycles. The third kappa shape index (κ3) is 4.37. The molecule has 146 valence electrons. The van der Waals surface area contributed by atoms with E-state index in [0.29, 0.717) is 18.1 Å². The number of anilines is 2. The van der Waals surface area contributed by atoms with Crippen molar-refractivity contribution >= 4 is 17.3 Å². The topological polar surface area (TPSA) is 108 Å². The van der Waals surface area contributed by atoms with Gasteiger partial charge in [0.05, 0.1) is 30.4 Å². The van der Waals surface area contributed by atoms with E-state index < -0.39 is 5.54 Å². The van der Waals surface area contributed by atoms with E-state index in [-0.39, 0.29) is 18.4 Å². The third-order valence-electron chi connectivity index (χ3n) is 5.08. The summed E-state index contributed by atoms with van der Waals surface area (Å²) in [6.45, 7) is 4.04. The highest BCUT2D eigenvalue weighted by atomic mass is 16.5. The van der Waals surface area contributed by atoms with Gasteiger partial charge in [-0.15, -0.1) is 5.10 Å². The molecule has 0 bridgehead atoms. The van der Waals surface area contributed by atoms with Gasteiger partial charge in [-0.2, -0.15) is 0 Å². The molecule has 1 saturated carbocycles. The van der Waals surface area contributed by atoms with E-state index in [1.165, 1.54) is 6.42 Å². The minimum absolute atomic E-state index is 0.0995. The molecule has 8 nitrogen and oxygen atoms in total. The van der Waals surface area contributed by atoms with E-state index >= 15 is 0 Å². The molecular weight excluding hydrogens is 344 g/mol. The molecule has 1 aliphatic carbocycles. The number of aromatic nitrogens is 4. The maximum atomic E-state index is 12.3. The van der Waals surface area contributed by atoms with E-state index in [9.17, 15) is 4.79 Å². The molecule has 1 aliphatic rings. The summed E-state index contributed by atoms with van der Waals surface area (Å²) in [5.74, 6) is 0.325. The fraction of sp³-hybridized carbons (Fsp3) is 0.579. The van der Waals surface area contributed by atoms with Gasteiger partial charge in [0.15, 0.2) is 5.82 Å². The number of ether oxygens (including phenoxy) is 1. The van der Waals surface area contributed by atoms with E-state index in [1.54, 1.807) is 6.92 Å². The first kappa shape index (κ1) is 19.1. The Morgan fingerprint density at radius 1 is 1.33 bits per heavy atom. The number of carbonyl (C=O) groups is 1. The number of tetrazole rings is 1. The van der Waals surface area contributed by atoms with Crippen LogP contribution in [0, 0.1) is 0 Å². The molecule has 1 unspecified atom stereocenters. The lowest BCUT2D eigenvalue weighted by Gasteiger charge is -2.32. The average Bonchev–Trinajstić information content (AvgIpc) is 3.15. The van der Waals surface area contributed by atoms with Gasteiger partial charge in [0.2, 0.25) is 0 Å². The summed E-state index contributed by atoms with van der Waals surface area (Å²) >= 11 is 0.